The zero-order chi connectivity index (χ0) is 16.1. The van der Waals surface area contributed by atoms with Crippen LogP contribution in [0.1, 0.15) is 25.5 Å². The summed E-state index contributed by atoms with van der Waals surface area (Å²) in [6.07, 6.45) is 3.59. The van der Waals surface area contributed by atoms with E-state index < -0.39 is 6.10 Å². The van der Waals surface area contributed by atoms with Crippen LogP contribution in [0.4, 0.5) is 0 Å². The summed E-state index contributed by atoms with van der Waals surface area (Å²) < 4.78 is 16.6. The molecular weight excluding hydrogens is 296 g/mol. The lowest BCUT2D eigenvalue weighted by molar-refractivity contribution is -0.146. The smallest absolute Gasteiger partial charge is 0.251 e. The second-order valence-corrected chi connectivity index (χ2v) is 6.29. The predicted octanol–water partition coefficient (Wildman–Crippen LogP) is 1.51. The highest BCUT2D eigenvalue weighted by Gasteiger charge is 2.26. The van der Waals surface area contributed by atoms with Crippen LogP contribution < -0.4 is 0 Å². The Balaban J connectivity index is 1.38. The SMILES string of the molecule is CC(OCC1CCCO1)C(=O)N1CCN(Cc2ccco2)CC1. The lowest BCUT2D eigenvalue weighted by atomic mass is 10.2. The Morgan fingerprint density at radius 3 is 2.87 bits per heavy atom. The van der Waals surface area contributed by atoms with E-state index in [1.807, 2.05) is 24.0 Å². The number of carbonyl (C=O) groups excluding carboxylic acids is 1. The molecule has 0 N–H and O–H groups in total. The average molecular weight is 322 g/mol. The second kappa shape index (κ2) is 7.95. The van der Waals surface area contributed by atoms with Crippen molar-refractivity contribution in [2.45, 2.75) is 38.5 Å². The maximum absolute atomic E-state index is 12.4. The van der Waals surface area contributed by atoms with E-state index in [2.05, 4.69) is 4.90 Å². The first kappa shape index (κ1) is 16.5. The molecule has 0 bridgehead atoms. The van der Waals surface area contributed by atoms with E-state index in [-0.39, 0.29) is 12.0 Å². The maximum Gasteiger partial charge on any atom is 0.251 e. The van der Waals surface area contributed by atoms with Crippen molar-refractivity contribution in [3.63, 3.8) is 0 Å². The molecular formula is C17H26N2O4. The Morgan fingerprint density at radius 2 is 2.22 bits per heavy atom. The summed E-state index contributed by atoms with van der Waals surface area (Å²) in [5.74, 6) is 1.05. The van der Waals surface area contributed by atoms with Gasteiger partial charge in [0.1, 0.15) is 11.9 Å². The van der Waals surface area contributed by atoms with E-state index in [1.54, 1.807) is 6.26 Å². The number of furan rings is 1. The van der Waals surface area contributed by atoms with Gasteiger partial charge in [0, 0.05) is 32.8 Å². The summed E-state index contributed by atoms with van der Waals surface area (Å²) in [7, 11) is 0. The molecule has 3 rings (SSSR count). The molecule has 2 atom stereocenters. The van der Waals surface area contributed by atoms with Gasteiger partial charge in [-0.25, -0.2) is 0 Å². The third kappa shape index (κ3) is 4.56. The van der Waals surface area contributed by atoms with Gasteiger partial charge in [-0.1, -0.05) is 0 Å². The lowest BCUT2D eigenvalue weighted by Crippen LogP contribution is -2.51. The molecule has 0 saturated carbocycles. The molecule has 6 nitrogen and oxygen atoms in total. The van der Waals surface area contributed by atoms with E-state index >= 15 is 0 Å². The Morgan fingerprint density at radius 1 is 1.39 bits per heavy atom. The second-order valence-electron chi connectivity index (χ2n) is 6.29. The normalized spacial score (nSPS) is 24.0. The fourth-order valence-corrected chi connectivity index (χ4v) is 3.11. The average Bonchev–Trinajstić information content (AvgIpc) is 3.26. The van der Waals surface area contributed by atoms with Crippen molar-refractivity contribution in [3.8, 4) is 0 Å². The molecule has 2 fully saturated rings. The molecule has 0 radical (unpaired) electrons. The first-order valence-electron chi connectivity index (χ1n) is 8.49. The molecule has 1 aromatic rings. The van der Waals surface area contributed by atoms with Crippen LogP contribution in [0.15, 0.2) is 22.8 Å². The molecule has 2 aliphatic rings. The largest absolute Gasteiger partial charge is 0.468 e. The van der Waals surface area contributed by atoms with Crippen molar-refractivity contribution in [1.29, 1.82) is 0 Å². The Labute approximate surface area is 137 Å². The lowest BCUT2D eigenvalue weighted by Gasteiger charge is -2.35. The van der Waals surface area contributed by atoms with Crippen molar-refractivity contribution < 1.29 is 18.7 Å². The van der Waals surface area contributed by atoms with Crippen molar-refractivity contribution in [2.75, 3.05) is 39.4 Å². The van der Waals surface area contributed by atoms with Crippen LogP contribution in [0.3, 0.4) is 0 Å². The molecule has 1 amide bonds. The number of rotatable bonds is 6. The number of amides is 1. The standard InChI is InChI=1S/C17H26N2O4/c1-14(23-13-16-5-3-11-22-16)17(20)19-8-6-18(7-9-19)12-15-4-2-10-21-15/h2,4,10,14,16H,3,5-9,11-13H2,1H3. The van der Waals surface area contributed by atoms with Gasteiger partial charge in [0.2, 0.25) is 0 Å². The summed E-state index contributed by atoms with van der Waals surface area (Å²) in [6, 6.07) is 3.89. The van der Waals surface area contributed by atoms with E-state index in [0.29, 0.717) is 6.61 Å². The molecule has 0 spiro atoms. The molecule has 3 heterocycles. The number of ether oxygens (including phenoxy) is 2. The Hall–Kier alpha value is -1.37. The predicted molar refractivity (Wildman–Crippen MR) is 85.0 cm³/mol. The van der Waals surface area contributed by atoms with Crippen LogP contribution in [0.25, 0.3) is 0 Å². The van der Waals surface area contributed by atoms with Gasteiger partial charge < -0.3 is 18.8 Å². The van der Waals surface area contributed by atoms with Crippen molar-refractivity contribution in [1.82, 2.24) is 9.80 Å². The third-order valence-corrected chi connectivity index (χ3v) is 4.55. The zero-order valence-electron chi connectivity index (χ0n) is 13.8. The molecule has 1 aromatic heterocycles. The van der Waals surface area contributed by atoms with Crippen molar-refractivity contribution >= 4 is 5.91 Å². The van der Waals surface area contributed by atoms with Crippen LogP contribution in [-0.4, -0.2) is 67.3 Å². The van der Waals surface area contributed by atoms with Gasteiger partial charge in [0.15, 0.2) is 0 Å². The molecule has 2 aliphatic heterocycles. The van der Waals surface area contributed by atoms with Gasteiger partial charge in [-0.2, -0.15) is 0 Å². The minimum atomic E-state index is -0.393. The summed E-state index contributed by atoms with van der Waals surface area (Å²) in [5, 5.41) is 0. The van der Waals surface area contributed by atoms with Crippen LogP contribution in [0.5, 0.6) is 0 Å². The zero-order valence-corrected chi connectivity index (χ0v) is 13.8. The van der Waals surface area contributed by atoms with Crippen molar-refractivity contribution in [2.24, 2.45) is 0 Å². The van der Waals surface area contributed by atoms with Gasteiger partial charge >= 0.3 is 0 Å². The monoisotopic (exact) mass is 322 g/mol. The fraction of sp³-hybridized carbons (Fsp3) is 0.706. The minimum absolute atomic E-state index is 0.0839. The van der Waals surface area contributed by atoms with Gasteiger partial charge in [-0.05, 0) is 31.9 Å². The molecule has 2 unspecified atom stereocenters. The molecule has 6 heteroatoms. The molecule has 0 aromatic carbocycles. The summed E-state index contributed by atoms with van der Waals surface area (Å²) in [4.78, 5) is 16.7. The van der Waals surface area contributed by atoms with Gasteiger partial charge in [-0.15, -0.1) is 0 Å². The van der Waals surface area contributed by atoms with Gasteiger partial charge in [-0.3, -0.25) is 9.69 Å². The number of hydrogen-bond acceptors (Lipinski definition) is 5. The molecule has 0 aliphatic carbocycles. The van der Waals surface area contributed by atoms with Crippen molar-refractivity contribution in [3.05, 3.63) is 24.2 Å². The van der Waals surface area contributed by atoms with Crippen LogP contribution >= 0.6 is 0 Å². The quantitative estimate of drug-likeness (QED) is 0.794. The number of hydrogen-bond donors (Lipinski definition) is 0. The van der Waals surface area contributed by atoms with Crippen LogP contribution in [0, 0.1) is 0 Å². The Bertz CT molecular complexity index is 477. The van der Waals surface area contributed by atoms with Gasteiger partial charge in [0.05, 0.1) is 25.5 Å². The first-order valence-corrected chi connectivity index (χ1v) is 8.49. The maximum atomic E-state index is 12.4. The molecule has 2 saturated heterocycles. The Kier molecular flexibility index (Phi) is 5.70. The third-order valence-electron chi connectivity index (χ3n) is 4.55. The minimum Gasteiger partial charge on any atom is -0.468 e. The van der Waals surface area contributed by atoms with Crippen LogP contribution in [-0.2, 0) is 20.8 Å². The highest BCUT2D eigenvalue weighted by Crippen LogP contribution is 2.14. The highest BCUT2D eigenvalue weighted by molar-refractivity contribution is 5.80. The highest BCUT2D eigenvalue weighted by atomic mass is 16.5. The number of piperazine rings is 1. The topological polar surface area (TPSA) is 55.2 Å². The van der Waals surface area contributed by atoms with Crippen LogP contribution in [0.2, 0.25) is 0 Å². The van der Waals surface area contributed by atoms with E-state index in [9.17, 15) is 4.79 Å². The number of carbonyl (C=O) groups is 1. The first-order chi connectivity index (χ1) is 11.2. The van der Waals surface area contributed by atoms with E-state index in [1.165, 1.54) is 0 Å². The van der Waals surface area contributed by atoms with E-state index in [4.69, 9.17) is 13.9 Å². The number of nitrogens with zero attached hydrogens (tertiary/aromatic N) is 2. The molecule has 128 valence electrons. The molecule has 23 heavy (non-hydrogen) atoms. The summed E-state index contributed by atoms with van der Waals surface area (Å²) in [6.45, 7) is 7.20. The summed E-state index contributed by atoms with van der Waals surface area (Å²) in [5.41, 5.74) is 0. The fourth-order valence-electron chi connectivity index (χ4n) is 3.11. The summed E-state index contributed by atoms with van der Waals surface area (Å²) >= 11 is 0. The van der Waals surface area contributed by atoms with Gasteiger partial charge in [0.25, 0.3) is 5.91 Å². The van der Waals surface area contributed by atoms with E-state index in [0.717, 1.165) is 57.9 Å².